The van der Waals surface area contributed by atoms with Crippen LogP contribution in [0.1, 0.15) is 80.0 Å². The van der Waals surface area contributed by atoms with Crippen molar-refractivity contribution in [3.8, 4) is 23.0 Å². The van der Waals surface area contributed by atoms with Crippen LogP contribution in [-0.4, -0.2) is 82.8 Å². The van der Waals surface area contributed by atoms with Gasteiger partial charge in [-0.05, 0) is 92.9 Å². The molecule has 2 unspecified atom stereocenters. The van der Waals surface area contributed by atoms with Crippen molar-refractivity contribution in [3.05, 3.63) is 71.4 Å². The second-order valence-electron chi connectivity index (χ2n) is 14.8. The largest absolute Gasteiger partial charge is 0.497 e. The molecule has 2 atom stereocenters. The maximum absolute atomic E-state index is 15.2. The molecule has 8 rings (SSSR count). The Morgan fingerprint density at radius 3 is 2.28 bits per heavy atom. The number of aromatic nitrogens is 3. The third-order valence-corrected chi connectivity index (χ3v) is 12.9. The van der Waals surface area contributed by atoms with Crippen LogP contribution in [0, 0.1) is 0 Å². The summed E-state index contributed by atoms with van der Waals surface area (Å²) in [7, 11) is 1.23. The molecule has 1 N–H and O–H groups in total. The molecule has 2 aromatic heterocycles. The highest BCUT2D eigenvalue weighted by atomic mass is 32.2. The van der Waals surface area contributed by atoms with Crippen molar-refractivity contribution in [3.63, 3.8) is 0 Å². The van der Waals surface area contributed by atoms with Crippen LogP contribution in [-0.2, 0) is 21.3 Å². The normalized spacial score (nSPS) is 18.8. The Labute approximate surface area is 336 Å². The predicted molar refractivity (Wildman–Crippen MR) is 212 cm³/mol. The molecule has 3 aromatic carbocycles. The summed E-state index contributed by atoms with van der Waals surface area (Å²) in [5, 5.41) is 13.0. The zero-order valence-corrected chi connectivity index (χ0v) is 33.8. The fourth-order valence-electron chi connectivity index (χ4n) is 8.06. The number of methoxy groups -OCH3 is 4. The fraction of sp³-hybridized carbons (Fsp3) is 0.463. The Morgan fingerprint density at radius 2 is 1.64 bits per heavy atom. The van der Waals surface area contributed by atoms with Crippen LogP contribution in [0.2, 0.25) is 0 Å². The minimum atomic E-state index is -4.57. The zero-order chi connectivity index (χ0) is 40.6. The van der Waals surface area contributed by atoms with Gasteiger partial charge in [-0.25, -0.2) is 26.2 Å². The average molecular weight is 823 g/mol. The van der Waals surface area contributed by atoms with Crippen molar-refractivity contribution >= 4 is 38.3 Å². The maximum atomic E-state index is 15.2. The molecule has 3 fully saturated rings. The molecule has 2 saturated heterocycles. The van der Waals surface area contributed by atoms with Crippen LogP contribution in [0.4, 0.5) is 26.1 Å². The number of benzene rings is 3. The summed E-state index contributed by atoms with van der Waals surface area (Å²) in [5.74, 6) is 2.05. The van der Waals surface area contributed by atoms with Crippen LogP contribution in [0.3, 0.4) is 0 Å². The lowest BCUT2D eigenvalue weighted by Gasteiger charge is -2.27. The summed E-state index contributed by atoms with van der Waals surface area (Å²) >= 11 is 0. The van der Waals surface area contributed by atoms with E-state index in [9.17, 15) is 8.78 Å². The minimum Gasteiger partial charge on any atom is -0.497 e. The maximum Gasteiger partial charge on any atom is 0.273 e. The van der Waals surface area contributed by atoms with Gasteiger partial charge in [-0.1, -0.05) is 17.3 Å². The van der Waals surface area contributed by atoms with Gasteiger partial charge in [-0.15, -0.1) is 0 Å². The molecule has 0 radical (unpaired) electrons. The van der Waals surface area contributed by atoms with Crippen molar-refractivity contribution in [2.45, 2.75) is 81.0 Å². The average Bonchev–Trinajstić information content (AvgIpc) is 3.62. The van der Waals surface area contributed by atoms with E-state index in [2.05, 4.69) is 10.5 Å². The van der Waals surface area contributed by atoms with Gasteiger partial charge in [0.15, 0.2) is 28.3 Å². The van der Waals surface area contributed by atoms with Crippen molar-refractivity contribution in [1.29, 1.82) is 0 Å². The molecule has 0 spiro atoms. The first-order valence-corrected chi connectivity index (χ1v) is 20.9. The van der Waals surface area contributed by atoms with Gasteiger partial charge in [0.2, 0.25) is 0 Å². The van der Waals surface area contributed by atoms with E-state index in [1.165, 1.54) is 21.3 Å². The summed E-state index contributed by atoms with van der Waals surface area (Å²) in [6, 6.07) is 15.2. The van der Waals surface area contributed by atoms with Gasteiger partial charge in [-0.2, -0.15) is 5.10 Å². The molecule has 1 aliphatic carbocycles. The Balaban J connectivity index is 1.19. The van der Waals surface area contributed by atoms with Gasteiger partial charge >= 0.3 is 0 Å². The SMILES string of the molecule is COc1ccc(CN(c2noc3cc(Nc4cc(C5CC5)n(C5CCCCO5)n4)c(OC)cc23)S(=O)(=O)c2c(OC)cc(C3CCCN3CC(F)F)cc2OC)cc1. The van der Waals surface area contributed by atoms with E-state index in [0.717, 1.165) is 48.5 Å². The van der Waals surface area contributed by atoms with E-state index in [1.807, 2.05) is 10.7 Å². The molecule has 1 saturated carbocycles. The molecule has 3 aliphatic rings. The van der Waals surface area contributed by atoms with E-state index in [-0.39, 0.29) is 41.0 Å². The molecule has 0 amide bonds. The summed E-state index contributed by atoms with van der Waals surface area (Å²) in [4.78, 5) is 1.45. The summed E-state index contributed by atoms with van der Waals surface area (Å²) in [5.41, 5.74) is 3.21. The topological polar surface area (TPSA) is 143 Å². The van der Waals surface area contributed by atoms with E-state index in [0.29, 0.717) is 70.6 Å². The van der Waals surface area contributed by atoms with E-state index in [1.54, 1.807) is 60.5 Å². The number of fused-ring (bicyclic) bond motifs is 1. The number of ether oxygens (including phenoxy) is 5. The smallest absolute Gasteiger partial charge is 0.273 e. The van der Waals surface area contributed by atoms with Crippen LogP contribution in [0.5, 0.6) is 23.0 Å². The van der Waals surface area contributed by atoms with Crippen LogP contribution >= 0.6 is 0 Å². The van der Waals surface area contributed by atoms with Gasteiger partial charge in [0.1, 0.15) is 23.0 Å². The number of rotatable bonds is 16. The van der Waals surface area contributed by atoms with Gasteiger partial charge in [0.05, 0.1) is 52.6 Å². The molecule has 310 valence electrons. The molecule has 4 heterocycles. The number of likely N-dealkylation sites (tertiary alicyclic amines) is 1. The second-order valence-corrected chi connectivity index (χ2v) is 16.6. The molecule has 14 nitrogen and oxygen atoms in total. The van der Waals surface area contributed by atoms with E-state index in [4.69, 9.17) is 33.3 Å². The number of hydrogen-bond donors (Lipinski definition) is 1. The molecule has 58 heavy (non-hydrogen) atoms. The molecule has 17 heteroatoms. The lowest BCUT2D eigenvalue weighted by atomic mass is 10.0. The Kier molecular flexibility index (Phi) is 11.4. The number of halogens is 2. The first-order valence-electron chi connectivity index (χ1n) is 19.5. The quantitative estimate of drug-likeness (QED) is 0.103. The zero-order valence-electron chi connectivity index (χ0n) is 32.9. The summed E-state index contributed by atoms with van der Waals surface area (Å²) < 4.78 is 95.2. The molecule has 2 aliphatic heterocycles. The minimum absolute atomic E-state index is 0.00141. The lowest BCUT2D eigenvalue weighted by molar-refractivity contribution is -0.0409. The first-order chi connectivity index (χ1) is 28.1. The first kappa shape index (κ1) is 39.7. The standard InChI is InChI=1S/C41H48F2N6O8S/c1-52-28-14-10-25(11-15-28)23-48(58(50,51)40-35(54-3)18-27(19-36(40)55-4)31-8-7-16-47(31)24-37(42)43)41-29-20-34(53-2)30(21-33(29)57-46-41)44-38-22-32(26-12-13-26)49(45-38)39-9-5-6-17-56-39/h10-11,14-15,18-22,26,31,37,39H,5-9,12-13,16-17,23-24H2,1-4H3,(H,44,45). The van der Waals surface area contributed by atoms with Crippen LogP contribution in [0.25, 0.3) is 11.0 Å². The van der Waals surface area contributed by atoms with Crippen molar-refractivity contribution < 1.29 is 45.4 Å². The van der Waals surface area contributed by atoms with Crippen LogP contribution in [0.15, 0.2) is 64.0 Å². The third kappa shape index (κ3) is 7.86. The number of nitrogens with zero attached hydrogens (tertiary/aromatic N) is 5. The highest BCUT2D eigenvalue weighted by Gasteiger charge is 2.38. The number of nitrogens with one attached hydrogen (secondary N) is 1. The van der Waals surface area contributed by atoms with Crippen molar-refractivity contribution in [1.82, 2.24) is 19.8 Å². The fourth-order valence-corrected chi connectivity index (χ4v) is 9.76. The molecule has 0 bridgehead atoms. The highest BCUT2D eigenvalue weighted by Crippen LogP contribution is 2.46. The summed E-state index contributed by atoms with van der Waals surface area (Å²) in [6.45, 7) is 0.634. The van der Waals surface area contributed by atoms with Crippen molar-refractivity contribution in [2.75, 3.05) is 57.8 Å². The molecular weight excluding hydrogens is 775 g/mol. The highest BCUT2D eigenvalue weighted by molar-refractivity contribution is 7.93. The van der Waals surface area contributed by atoms with E-state index < -0.39 is 23.0 Å². The molecular formula is C41H48F2N6O8S. The second kappa shape index (κ2) is 16.6. The number of hydrogen-bond acceptors (Lipinski definition) is 12. The Morgan fingerprint density at radius 1 is 0.897 bits per heavy atom. The number of anilines is 3. The van der Waals surface area contributed by atoms with Gasteiger partial charge in [0, 0.05) is 36.4 Å². The monoisotopic (exact) mass is 822 g/mol. The molecule has 5 aromatic rings. The summed E-state index contributed by atoms with van der Waals surface area (Å²) in [6.07, 6.45) is 3.93. The van der Waals surface area contributed by atoms with Crippen molar-refractivity contribution in [2.24, 2.45) is 0 Å². The van der Waals surface area contributed by atoms with Gasteiger partial charge in [0.25, 0.3) is 16.4 Å². The van der Waals surface area contributed by atoms with Crippen LogP contribution < -0.4 is 28.6 Å². The third-order valence-electron chi connectivity index (χ3n) is 11.1. The van der Waals surface area contributed by atoms with E-state index >= 15 is 8.42 Å². The number of sulfonamides is 1. The van der Waals surface area contributed by atoms with Gasteiger partial charge in [-0.3, -0.25) is 4.90 Å². The predicted octanol–water partition coefficient (Wildman–Crippen LogP) is 8.18. The Hall–Kier alpha value is -5.13. The lowest BCUT2D eigenvalue weighted by Crippen LogP contribution is -2.32. The number of alkyl halides is 2. The van der Waals surface area contributed by atoms with Gasteiger partial charge < -0.3 is 33.5 Å². The Bertz CT molecular complexity index is 2320.